The summed E-state index contributed by atoms with van der Waals surface area (Å²) in [6.45, 7) is -2.45. The fraction of sp³-hybridized carbons (Fsp3) is 0.500. The number of ether oxygens (including phenoxy) is 1. The molecule has 2 heterocycles. The zero-order chi connectivity index (χ0) is 27.2. The van der Waals surface area contributed by atoms with Gasteiger partial charge in [0.15, 0.2) is 22.7 Å². The molecule has 0 amide bonds. The van der Waals surface area contributed by atoms with E-state index in [0.717, 1.165) is 0 Å². The smallest absolute Gasteiger partial charge is 0.387 e. The van der Waals surface area contributed by atoms with Gasteiger partial charge in [-0.3, -0.25) is 9.09 Å². The van der Waals surface area contributed by atoms with Crippen LogP contribution in [0.15, 0.2) is 11.0 Å². The number of anilines is 1. The number of hydrogen-bond donors (Lipinski definition) is 6. The van der Waals surface area contributed by atoms with Gasteiger partial charge in [-0.2, -0.15) is 13.6 Å². The van der Waals surface area contributed by atoms with Gasteiger partial charge in [-0.15, -0.1) is 5.92 Å². The van der Waals surface area contributed by atoms with Crippen LogP contribution in [0.3, 0.4) is 0 Å². The Balaban J connectivity index is 2.44. The summed E-state index contributed by atoms with van der Waals surface area (Å²) in [5, 5.41) is 10.6. The largest absolute Gasteiger partial charge is 0.490 e. The van der Waals surface area contributed by atoms with Crippen LogP contribution in [0.4, 0.5) is 10.2 Å². The predicted octanol–water partition coefficient (Wildman–Crippen LogP) is -0.433. The second-order valence-corrected chi connectivity index (χ2v) is 10.9. The van der Waals surface area contributed by atoms with Gasteiger partial charge < -0.3 is 35.2 Å². The summed E-state index contributed by atoms with van der Waals surface area (Å²) in [4.78, 5) is 48.8. The first-order valence-electron chi connectivity index (χ1n) is 8.99. The fourth-order valence-corrected chi connectivity index (χ4v) is 5.65. The maximum Gasteiger partial charge on any atom is 0.490 e. The fourth-order valence-electron chi connectivity index (χ4n) is 2.41. The molecule has 1 aliphatic heterocycles. The van der Waals surface area contributed by atoms with E-state index in [4.69, 9.17) is 34.6 Å². The minimum absolute atomic E-state index is 0.354. The van der Waals surface area contributed by atoms with Gasteiger partial charge in [-0.1, -0.05) is 17.5 Å². The minimum Gasteiger partial charge on any atom is -0.387 e. The van der Waals surface area contributed by atoms with Gasteiger partial charge in [0.05, 0.1) is 15.5 Å². The molecule has 2 rings (SSSR count). The Hall–Kier alpha value is -1.21. The molecule has 33 heavy (non-hydrogen) atoms. The molecule has 7 N–H and O–H groups in total. The Morgan fingerprint density at radius 3 is 2.52 bits per heavy atom. The lowest BCUT2D eigenvalue weighted by molar-refractivity contribution is -0.0457. The summed E-state index contributed by atoms with van der Waals surface area (Å²) < 4.78 is 80.5. The van der Waals surface area contributed by atoms with Crippen LogP contribution >= 0.6 is 35.1 Å². The molecule has 21 heteroatoms. The molecule has 186 valence electrons. The Morgan fingerprint density at radius 2 is 1.97 bits per heavy atom. The summed E-state index contributed by atoms with van der Waals surface area (Å²) in [6.07, 6.45) is -6.29. The van der Waals surface area contributed by atoms with E-state index >= 15 is 0 Å². The van der Waals surface area contributed by atoms with Gasteiger partial charge in [0.2, 0.25) is 0 Å². The van der Waals surface area contributed by atoms with Crippen molar-refractivity contribution in [1.29, 1.82) is 0 Å². The third kappa shape index (κ3) is 6.91. The highest BCUT2D eigenvalue weighted by molar-refractivity contribution is 7.66. The van der Waals surface area contributed by atoms with E-state index < -0.39 is 70.7 Å². The molecule has 1 fully saturated rings. The molecule has 1 aromatic rings. The molecule has 1 aliphatic rings. The van der Waals surface area contributed by atoms with Crippen molar-refractivity contribution in [2.45, 2.75) is 30.2 Å². The van der Waals surface area contributed by atoms with Crippen LogP contribution < -0.4 is 11.4 Å². The number of aliphatic hydroxyl groups excluding tert-OH is 1. The molecule has 3 unspecified atom stereocenters. The summed E-state index contributed by atoms with van der Waals surface area (Å²) in [6, 6.07) is 0. The van der Waals surface area contributed by atoms with E-state index in [1.807, 2.05) is 0 Å². The van der Waals surface area contributed by atoms with Gasteiger partial charge in [0.25, 0.3) is 0 Å². The Morgan fingerprint density at radius 1 is 1.36 bits per heavy atom. The number of rotatable bonds is 8. The van der Waals surface area contributed by atoms with Crippen molar-refractivity contribution in [1.82, 2.24) is 9.55 Å². The van der Waals surface area contributed by atoms with E-state index in [0.29, 0.717) is 10.8 Å². The molecule has 0 bridgehead atoms. The van der Waals surface area contributed by atoms with Crippen LogP contribution in [0.25, 0.3) is 0 Å². The van der Waals surface area contributed by atoms with E-state index in [1.54, 1.807) is 0 Å². The van der Waals surface area contributed by atoms with Gasteiger partial charge in [0.1, 0.15) is 12.2 Å². The van der Waals surface area contributed by atoms with E-state index in [-0.39, 0.29) is 0 Å². The lowest BCUT2D eigenvalue weighted by atomic mass is 9.99. The standard InChI is InChI=1S/C12H16ClFN3O13P3/c1-2-3-12(13)8(18)7(28-10(12)17-4-6(14)9(15)16-11(17)19)5-27-32(23,24)30-33(25,26)29-31(20,21)22/h4,7-8,10,18H,5H2,1H3,(H,23,24)(H,25,26)(H2,15,16,19)(H2,20,21,22)/t7-,8+,10-,12?/m1/s1/i5D2. The minimum atomic E-state index is -6.06. The third-order valence-electron chi connectivity index (χ3n) is 3.56. The van der Waals surface area contributed by atoms with Gasteiger partial charge in [-0.05, 0) is 6.92 Å². The van der Waals surface area contributed by atoms with Crippen LogP contribution in [-0.4, -0.2) is 57.9 Å². The number of alkyl halides is 1. The quantitative estimate of drug-likeness (QED) is 0.134. The first-order valence-corrected chi connectivity index (χ1v) is 12.9. The molecule has 0 spiro atoms. The topological polar surface area (TPSA) is 250 Å². The molecule has 0 aromatic carbocycles. The lowest BCUT2D eigenvalue weighted by Crippen LogP contribution is -2.43. The Labute approximate surface area is 191 Å². The van der Waals surface area contributed by atoms with E-state index in [1.165, 1.54) is 6.92 Å². The first-order chi connectivity index (χ1) is 15.6. The van der Waals surface area contributed by atoms with Crippen molar-refractivity contribution < 1.29 is 63.4 Å². The van der Waals surface area contributed by atoms with Crippen LogP contribution in [-0.2, 0) is 31.6 Å². The predicted molar refractivity (Wildman–Crippen MR) is 105 cm³/mol. The number of nitrogen functional groups attached to an aromatic ring is 1. The number of nitrogens with zero attached hydrogens (tertiary/aromatic N) is 2. The summed E-state index contributed by atoms with van der Waals surface area (Å²) in [5.74, 6) is 2.44. The van der Waals surface area contributed by atoms with Crippen LogP contribution in [0.1, 0.15) is 15.9 Å². The highest BCUT2D eigenvalue weighted by Gasteiger charge is 2.56. The number of hydrogen-bond acceptors (Lipinski definition) is 11. The van der Waals surface area contributed by atoms with Crippen molar-refractivity contribution in [3.8, 4) is 11.8 Å². The Kier molecular flexibility index (Phi) is 7.40. The Bertz CT molecular complexity index is 1270. The molecule has 1 aromatic heterocycles. The zero-order valence-electron chi connectivity index (χ0n) is 17.9. The molecule has 0 aliphatic carbocycles. The van der Waals surface area contributed by atoms with Crippen molar-refractivity contribution in [2.24, 2.45) is 0 Å². The van der Waals surface area contributed by atoms with Crippen molar-refractivity contribution in [3.05, 3.63) is 22.5 Å². The maximum atomic E-state index is 13.9. The monoisotopic (exact) mass is 559 g/mol. The van der Waals surface area contributed by atoms with E-state index in [9.17, 15) is 37.8 Å². The summed E-state index contributed by atoms with van der Waals surface area (Å²) >= 11 is 6.27. The highest BCUT2D eigenvalue weighted by Crippen LogP contribution is 2.66. The summed E-state index contributed by atoms with van der Waals surface area (Å²) in [7, 11) is -17.8. The van der Waals surface area contributed by atoms with Gasteiger partial charge >= 0.3 is 29.2 Å². The summed E-state index contributed by atoms with van der Waals surface area (Å²) in [5.41, 5.74) is 3.91. The van der Waals surface area contributed by atoms with Crippen molar-refractivity contribution in [3.63, 3.8) is 0 Å². The van der Waals surface area contributed by atoms with Gasteiger partial charge in [0, 0.05) is 0 Å². The molecular weight excluding hydrogens is 542 g/mol. The lowest BCUT2D eigenvalue weighted by Gasteiger charge is -2.25. The number of aromatic nitrogens is 2. The highest BCUT2D eigenvalue weighted by atomic mass is 35.5. The third-order valence-corrected chi connectivity index (χ3v) is 7.72. The van der Waals surface area contributed by atoms with Crippen molar-refractivity contribution in [2.75, 3.05) is 12.3 Å². The number of nitrogens with two attached hydrogens (primary N) is 1. The molecule has 0 radical (unpaired) electrons. The average Bonchev–Trinajstić information content (AvgIpc) is 2.86. The molecule has 16 nitrogen and oxygen atoms in total. The van der Waals surface area contributed by atoms with E-state index in [2.05, 4.69) is 30.0 Å². The SMILES string of the molecule is [2H]C([2H])(OP(=O)(O)OP(=O)(O)OP(=O)(O)O)[C@H]1O[C@@H](n2cc(F)c(N)nc2=O)C(Cl)(C#CC)[C@H]1O. The van der Waals surface area contributed by atoms with Crippen LogP contribution in [0.5, 0.6) is 0 Å². The zero-order valence-corrected chi connectivity index (χ0v) is 19.3. The molecule has 1 saturated heterocycles. The molecular formula is C12H16ClFN3O13P3. The molecule has 6 atom stereocenters. The number of phosphoric acid groups is 3. The number of phosphoric ester groups is 1. The first kappa shape index (κ1) is 24.9. The number of aliphatic hydroxyl groups is 1. The van der Waals surface area contributed by atoms with Crippen LogP contribution in [0, 0.1) is 17.7 Å². The average molecular weight is 560 g/mol. The second kappa shape index (κ2) is 9.80. The van der Waals surface area contributed by atoms with Crippen molar-refractivity contribution >= 4 is 40.9 Å². The maximum absolute atomic E-state index is 13.9. The van der Waals surface area contributed by atoms with Crippen LogP contribution in [0.2, 0.25) is 0 Å². The second-order valence-electron chi connectivity index (χ2n) is 5.96. The normalized spacial score (nSPS) is 30.4. The van der Waals surface area contributed by atoms with Gasteiger partial charge in [-0.25, -0.2) is 22.9 Å². The molecule has 0 saturated carbocycles. The number of halogens is 2.